The van der Waals surface area contributed by atoms with Crippen molar-refractivity contribution >= 4 is 17.5 Å². The lowest BCUT2D eigenvalue weighted by molar-refractivity contribution is 0.0917. The van der Waals surface area contributed by atoms with Gasteiger partial charge < -0.3 is 9.73 Å². The SMILES string of the molecule is O=C(NCc1ccc(Cl)cc1)c1nnc(-c2ccc(F)cc2)o1. The van der Waals surface area contributed by atoms with Crippen LogP contribution in [-0.4, -0.2) is 16.1 Å². The third-order valence-electron chi connectivity index (χ3n) is 3.08. The first kappa shape index (κ1) is 15.2. The molecule has 0 unspecified atom stereocenters. The van der Waals surface area contributed by atoms with E-state index in [-0.39, 0.29) is 17.6 Å². The summed E-state index contributed by atoms with van der Waals surface area (Å²) in [7, 11) is 0. The molecular weight excluding hydrogens is 321 g/mol. The Kier molecular flexibility index (Phi) is 4.34. The zero-order valence-corrected chi connectivity index (χ0v) is 12.5. The van der Waals surface area contributed by atoms with E-state index in [4.69, 9.17) is 16.0 Å². The molecule has 0 bridgehead atoms. The highest BCUT2D eigenvalue weighted by molar-refractivity contribution is 6.30. The summed E-state index contributed by atoms with van der Waals surface area (Å²) in [6.07, 6.45) is 0. The van der Waals surface area contributed by atoms with Crippen molar-refractivity contribution in [2.24, 2.45) is 0 Å². The predicted molar refractivity (Wildman–Crippen MR) is 82.3 cm³/mol. The molecule has 0 radical (unpaired) electrons. The van der Waals surface area contributed by atoms with E-state index in [1.807, 2.05) is 0 Å². The Balaban J connectivity index is 1.66. The molecule has 7 heteroatoms. The van der Waals surface area contributed by atoms with Crippen molar-refractivity contribution in [3.8, 4) is 11.5 Å². The first-order valence-electron chi connectivity index (χ1n) is 6.74. The number of halogens is 2. The quantitative estimate of drug-likeness (QED) is 0.795. The number of nitrogens with zero attached hydrogens (tertiary/aromatic N) is 2. The van der Waals surface area contributed by atoms with Gasteiger partial charge in [0.2, 0.25) is 5.89 Å². The second kappa shape index (κ2) is 6.58. The Bertz CT molecular complexity index is 816. The lowest BCUT2D eigenvalue weighted by Gasteiger charge is -2.02. The highest BCUT2D eigenvalue weighted by Crippen LogP contribution is 2.18. The van der Waals surface area contributed by atoms with Gasteiger partial charge in [-0.05, 0) is 42.0 Å². The van der Waals surface area contributed by atoms with Gasteiger partial charge >= 0.3 is 11.8 Å². The topological polar surface area (TPSA) is 68.0 Å². The average Bonchev–Trinajstić information content (AvgIpc) is 3.05. The first-order chi connectivity index (χ1) is 11.1. The maximum atomic E-state index is 12.9. The molecule has 0 saturated carbocycles. The average molecular weight is 332 g/mol. The summed E-state index contributed by atoms with van der Waals surface area (Å²) in [5, 5.41) is 10.8. The normalized spacial score (nSPS) is 10.5. The summed E-state index contributed by atoms with van der Waals surface area (Å²) in [6, 6.07) is 12.6. The second-order valence-electron chi connectivity index (χ2n) is 4.73. The standard InChI is InChI=1S/C16H11ClFN3O2/c17-12-5-1-10(2-6-12)9-19-14(22)16-21-20-15(23-16)11-3-7-13(18)8-4-11/h1-8H,9H2,(H,19,22). The monoisotopic (exact) mass is 331 g/mol. The van der Waals surface area contributed by atoms with Crippen LogP contribution in [0.5, 0.6) is 0 Å². The molecule has 3 aromatic rings. The summed E-state index contributed by atoms with van der Waals surface area (Å²) in [5.74, 6) is -0.852. The molecule has 1 amide bonds. The molecule has 2 aromatic carbocycles. The van der Waals surface area contributed by atoms with E-state index >= 15 is 0 Å². The van der Waals surface area contributed by atoms with Crippen molar-refractivity contribution < 1.29 is 13.6 Å². The van der Waals surface area contributed by atoms with E-state index in [1.165, 1.54) is 24.3 Å². The van der Waals surface area contributed by atoms with Gasteiger partial charge in [-0.1, -0.05) is 23.7 Å². The molecule has 0 spiro atoms. The Hall–Kier alpha value is -2.73. The van der Waals surface area contributed by atoms with Gasteiger partial charge in [0.1, 0.15) is 5.82 Å². The smallest absolute Gasteiger partial charge is 0.309 e. The summed E-state index contributed by atoms with van der Waals surface area (Å²) in [5.41, 5.74) is 1.43. The first-order valence-corrected chi connectivity index (χ1v) is 7.12. The highest BCUT2D eigenvalue weighted by atomic mass is 35.5. The number of benzene rings is 2. The largest absolute Gasteiger partial charge is 0.412 e. The molecule has 116 valence electrons. The zero-order chi connectivity index (χ0) is 16.2. The molecule has 0 aliphatic heterocycles. The van der Waals surface area contributed by atoms with E-state index in [2.05, 4.69) is 15.5 Å². The van der Waals surface area contributed by atoms with Crippen molar-refractivity contribution in [2.45, 2.75) is 6.54 Å². The van der Waals surface area contributed by atoms with Gasteiger partial charge in [-0.25, -0.2) is 4.39 Å². The number of nitrogens with one attached hydrogen (secondary N) is 1. The van der Waals surface area contributed by atoms with Crippen LogP contribution in [0.2, 0.25) is 5.02 Å². The Labute approximate surface area is 136 Å². The molecule has 3 rings (SSSR count). The fourth-order valence-electron chi connectivity index (χ4n) is 1.88. The lowest BCUT2D eigenvalue weighted by Crippen LogP contribution is -2.23. The number of hydrogen-bond donors (Lipinski definition) is 1. The van der Waals surface area contributed by atoms with E-state index in [9.17, 15) is 9.18 Å². The molecule has 1 N–H and O–H groups in total. The Morgan fingerprint density at radius 2 is 1.78 bits per heavy atom. The van der Waals surface area contributed by atoms with Crippen molar-refractivity contribution in [1.29, 1.82) is 0 Å². The summed E-state index contributed by atoms with van der Waals surface area (Å²) in [4.78, 5) is 12.0. The van der Waals surface area contributed by atoms with Crippen LogP contribution < -0.4 is 5.32 Å². The Morgan fingerprint density at radius 3 is 2.48 bits per heavy atom. The minimum atomic E-state index is -0.485. The third kappa shape index (κ3) is 3.73. The van der Waals surface area contributed by atoms with E-state index < -0.39 is 5.91 Å². The molecule has 0 aliphatic rings. The molecule has 5 nitrogen and oxygen atoms in total. The highest BCUT2D eigenvalue weighted by Gasteiger charge is 2.15. The fraction of sp³-hybridized carbons (Fsp3) is 0.0625. The molecule has 0 atom stereocenters. The summed E-state index contributed by atoms with van der Waals surface area (Å²) < 4.78 is 18.2. The van der Waals surface area contributed by atoms with Crippen molar-refractivity contribution in [3.05, 3.63) is 70.8 Å². The maximum absolute atomic E-state index is 12.9. The minimum absolute atomic E-state index is 0.154. The van der Waals surface area contributed by atoms with E-state index in [0.29, 0.717) is 17.1 Å². The van der Waals surface area contributed by atoms with Crippen molar-refractivity contribution in [1.82, 2.24) is 15.5 Å². The van der Waals surface area contributed by atoms with Gasteiger partial charge in [0, 0.05) is 17.1 Å². The number of carbonyl (C=O) groups excluding carboxylic acids is 1. The Morgan fingerprint density at radius 1 is 1.09 bits per heavy atom. The molecular formula is C16H11ClFN3O2. The van der Waals surface area contributed by atoms with Crippen LogP contribution in [0.15, 0.2) is 52.9 Å². The van der Waals surface area contributed by atoms with Crippen molar-refractivity contribution in [3.63, 3.8) is 0 Å². The van der Waals surface area contributed by atoms with Gasteiger partial charge in [0.25, 0.3) is 0 Å². The molecule has 1 aromatic heterocycles. The van der Waals surface area contributed by atoms with Crippen LogP contribution in [0.1, 0.15) is 16.2 Å². The van der Waals surface area contributed by atoms with Crippen LogP contribution in [0.25, 0.3) is 11.5 Å². The summed E-state index contributed by atoms with van der Waals surface area (Å²) >= 11 is 5.80. The molecule has 0 saturated heterocycles. The van der Waals surface area contributed by atoms with E-state index in [1.54, 1.807) is 24.3 Å². The third-order valence-corrected chi connectivity index (χ3v) is 3.33. The van der Waals surface area contributed by atoms with Crippen LogP contribution in [-0.2, 0) is 6.54 Å². The van der Waals surface area contributed by atoms with Crippen LogP contribution >= 0.6 is 11.6 Å². The fourth-order valence-corrected chi connectivity index (χ4v) is 2.01. The predicted octanol–water partition coefficient (Wildman–Crippen LogP) is 3.46. The minimum Gasteiger partial charge on any atom is -0.412 e. The van der Waals surface area contributed by atoms with Gasteiger partial charge in [-0.15, -0.1) is 10.2 Å². The number of aromatic nitrogens is 2. The van der Waals surface area contributed by atoms with Gasteiger partial charge in [-0.3, -0.25) is 4.79 Å². The summed E-state index contributed by atoms with van der Waals surface area (Å²) in [6.45, 7) is 0.310. The second-order valence-corrected chi connectivity index (χ2v) is 5.16. The van der Waals surface area contributed by atoms with Crippen molar-refractivity contribution in [2.75, 3.05) is 0 Å². The van der Waals surface area contributed by atoms with Gasteiger partial charge in [-0.2, -0.15) is 0 Å². The van der Waals surface area contributed by atoms with Crippen LogP contribution in [0, 0.1) is 5.82 Å². The number of amides is 1. The zero-order valence-electron chi connectivity index (χ0n) is 11.8. The van der Waals surface area contributed by atoms with Gasteiger partial charge in [0.15, 0.2) is 0 Å². The molecule has 0 aliphatic carbocycles. The van der Waals surface area contributed by atoms with Crippen LogP contribution in [0.3, 0.4) is 0 Å². The maximum Gasteiger partial charge on any atom is 0.309 e. The van der Waals surface area contributed by atoms with Crippen LogP contribution in [0.4, 0.5) is 4.39 Å². The van der Waals surface area contributed by atoms with E-state index in [0.717, 1.165) is 5.56 Å². The number of rotatable bonds is 4. The number of carbonyl (C=O) groups is 1. The molecule has 23 heavy (non-hydrogen) atoms. The molecule has 1 heterocycles. The molecule has 0 fully saturated rings. The lowest BCUT2D eigenvalue weighted by atomic mass is 10.2. The number of hydrogen-bond acceptors (Lipinski definition) is 4. The van der Waals surface area contributed by atoms with Gasteiger partial charge in [0.05, 0.1) is 0 Å².